The van der Waals surface area contributed by atoms with Gasteiger partial charge in [0.25, 0.3) is 0 Å². The average molecular weight is 313 g/mol. The average Bonchev–Trinajstić information content (AvgIpc) is 2.44. The fourth-order valence-electron chi connectivity index (χ4n) is 2.11. The van der Waals surface area contributed by atoms with Crippen molar-refractivity contribution in [1.29, 1.82) is 0 Å². The molecule has 0 aliphatic rings. The standard InChI is InChI=1S/C15H27N3O2S/c1-5-10-17-21(19,20)14-9-7-6-8-13(14)18(4)12-15(2,3)11-16/h6-9,17H,5,10-12,16H2,1-4H3. The van der Waals surface area contributed by atoms with Crippen LogP contribution in [0, 0.1) is 5.41 Å². The van der Waals surface area contributed by atoms with Crippen molar-refractivity contribution in [2.75, 3.05) is 31.6 Å². The lowest BCUT2D eigenvalue weighted by molar-refractivity contribution is 0.384. The van der Waals surface area contributed by atoms with Crippen LogP contribution in [0.3, 0.4) is 0 Å². The Morgan fingerprint density at radius 3 is 2.48 bits per heavy atom. The van der Waals surface area contributed by atoms with Crippen molar-refractivity contribution >= 4 is 15.7 Å². The molecule has 0 bridgehead atoms. The molecule has 0 aromatic heterocycles. The molecule has 0 radical (unpaired) electrons. The summed E-state index contributed by atoms with van der Waals surface area (Å²) < 4.78 is 27.4. The van der Waals surface area contributed by atoms with Gasteiger partial charge in [0.15, 0.2) is 0 Å². The lowest BCUT2D eigenvalue weighted by Gasteiger charge is -2.31. The number of rotatable bonds is 8. The van der Waals surface area contributed by atoms with Crippen LogP contribution in [0.4, 0.5) is 5.69 Å². The highest BCUT2D eigenvalue weighted by atomic mass is 32.2. The Labute approximate surface area is 128 Å². The number of hydrogen-bond acceptors (Lipinski definition) is 4. The van der Waals surface area contributed by atoms with E-state index in [1.54, 1.807) is 12.1 Å². The number of nitrogens with one attached hydrogen (secondary N) is 1. The van der Waals surface area contributed by atoms with E-state index in [1.165, 1.54) is 0 Å². The summed E-state index contributed by atoms with van der Waals surface area (Å²) in [7, 11) is -1.59. The molecule has 0 atom stereocenters. The Morgan fingerprint density at radius 2 is 1.90 bits per heavy atom. The summed E-state index contributed by atoms with van der Waals surface area (Å²) in [6.45, 7) is 7.73. The molecule has 0 spiro atoms. The van der Waals surface area contributed by atoms with E-state index < -0.39 is 10.0 Å². The number of nitrogens with zero attached hydrogens (tertiary/aromatic N) is 1. The number of nitrogens with two attached hydrogens (primary N) is 1. The summed E-state index contributed by atoms with van der Waals surface area (Å²) in [5.74, 6) is 0. The van der Waals surface area contributed by atoms with Crippen LogP contribution in [-0.2, 0) is 10.0 Å². The topological polar surface area (TPSA) is 75.4 Å². The third-order valence-corrected chi connectivity index (χ3v) is 4.83. The molecule has 0 saturated heterocycles. The molecule has 0 saturated carbocycles. The summed E-state index contributed by atoms with van der Waals surface area (Å²) in [6, 6.07) is 7.05. The summed E-state index contributed by atoms with van der Waals surface area (Å²) in [5, 5.41) is 0. The van der Waals surface area contributed by atoms with Gasteiger partial charge in [-0.05, 0) is 30.5 Å². The molecule has 6 heteroatoms. The first-order valence-electron chi connectivity index (χ1n) is 7.23. The molecular weight excluding hydrogens is 286 g/mol. The predicted molar refractivity (Wildman–Crippen MR) is 88.0 cm³/mol. The molecule has 0 aliphatic heterocycles. The highest BCUT2D eigenvalue weighted by molar-refractivity contribution is 7.89. The van der Waals surface area contributed by atoms with Crippen LogP contribution < -0.4 is 15.4 Å². The smallest absolute Gasteiger partial charge is 0.242 e. The molecule has 5 nitrogen and oxygen atoms in total. The van der Waals surface area contributed by atoms with Gasteiger partial charge in [0, 0.05) is 20.1 Å². The Morgan fingerprint density at radius 1 is 1.29 bits per heavy atom. The second-order valence-corrected chi connectivity index (χ2v) is 7.83. The molecule has 0 aliphatic carbocycles. The van der Waals surface area contributed by atoms with Crippen LogP contribution >= 0.6 is 0 Å². The van der Waals surface area contributed by atoms with E-state index in [0.29, 0.717) is 30.2 Å². The van der Waals surface area contributed by atoms with Crippen molar-refractivity contribution in [3.05, 3.63) is 24.3 Å². The van der Waals surface area contributed by atoms with Crippen LogP contribution in [0.5, 0.6) is 0 Å². The Bertz CT molecular complexity index is 556. The first kappa shape index (κ1) is 17.9. The molecule has 1 aromatic rings. The maximum Gasteiger partial charge on any atom is 0.242 e. The van der Waals surface area contributed by atoms with E-state index >= 15 is 0 Å². The van der Waals surface area contributed by atoms with Crippen LogP contribution in [-0.4, -0.2) is 35.1 Å². The number of sulfonamides is 1. The molecule has 0 unspecified atom stereocenters. The third-order valence-electron chi connectivity index (χ3n) is 3.33. The number of hydrogen-bond donors (Lipinski definition) is 2. The van der Waals surface area contributed by atoms with Crippen molar-refractivity contribution in [1.82, 2.24) is 4.72 Å². The molecule has 120 valence electrons. The molecule has 0 amide bonds. The van der Waals surface area contributed by atoms with E-state index in [1.807, 2.05) is 31.0 Å². The van der Waals surface area contributed by atoms with Crippen molar-refractivity contribution in [3.63, 3.8) is 0 Å². The normalized spacial score (nSPS) is 12.4. The zero-order valence-electron chi connectivity index (χ0n) is 13.4. The Kier molecular flexibility index (Phi) is 6.19. The predicted octanol–water partition coefficient (Wildman–Crippen LogP) is 1.80. The summed E-state index contributed by atoms with van der Waals surface area (Å²) in [4.78, 5) is 2.27. The first-order valence-corrected chi connectivity index (χ1v) is 8.72. The van der Waals surface area contributed by atoms with Crippen LogP contribution in [0.1, 0.15) is 27.2 Å². The quantitative estimate of drug-likeness (QED) is 0.767. The molecule has 0 fully saturated rings. The summed E-state index contributed by atoms with van der Waals surface area (Å²) in [6.07, 6.45) is 0.761. The molecule has 1 aromatic carbocycles. The number of benzene rings is 1. The van der Waals surface area contributed by atoms with E-state index in [4.69, 9.17) is 5.73 Å². The molecule has 1 rings (SSSR count). The highest BCUT2D eigenvalue weighted by Crippen LogP contribution is 2.26. The zero-order valence-corrected chi connectivity index (χ0v) is 14.2. The maximum atomic E-state index is 12.4. The van der Waals surface area contributed by atoms with Gasteiger partial charge in [-0.1, -0.05) is 32.9 Å². The summed E-state index contributed by atoms with van der Waals surface area (Å²) in [5.41, 5.74) is 6.38. The van der Waals surface area contributed by atoms with Gasteiger partial charge in [0.2, 0.25) is 10.0 Å². The fourth-order valence-corrected chi connectivity index (χ4v) is 3.49. The van der Waals surface area contributed by atoms with Crippen LogP contribution in [0.25, 0.3) is 0 Å². The Balaban J connectivity index is 3.10. The van der Waals surface area contributed by atoms with Crippen molar-refractivity contribution < 1.29 is 8.42 Å². The first-order chi connectivity index (χ1) is 9.73. The fraction of sp³-hybridized carbons (Fsp3) is 0.600. The van der Waals surface area contributed by atoms with Gasteiger partial charge in [-0.25, -0.2) is 13.1 Å². The minimum atomic E-state index is -3.48. The van der Waals surface area contributed by atoms with Gasteiger partial charge < -0.3 is 10.6 Å². The van der Waals surface area contributed by atoms with E-state index in [0.717, 1.165) is 6.42 Å². The molecule has 3 N–H and O–H groups in total. The van der Waals surface area contributed by atoms with Gasteiger partial charge in [-0.3, -0.25) is 0 Å². The van der Waals surface area contributed by atoms with Gasteiger partial charge in [-0.2, -0.15) is 0 Å². The SMILES string of the molecule is CCCNS(=O)(=O)c1ccccc1N(C)CC(C)(C)CN. The van der Waals surface area contributed by atoms with Gasteiger partial charge in [0.05, 0.1) is 5.69 Å². The minimum Gasteiger partial charge on any atom is -0.373 e. The van der Waals surface area contributed by atoms with Gasteiger partial charge in [0.1, 0.15) is 4.90 Å². The highest BCUT2D eigenvalue weighted by Gasteiger charge is 2.23. The molecule has 21 heavy (non-hydrogen) atoms. The van der Waals surface area contributed by atoms with E-state index in [2.05, 4.69) is 18.6 Å². The largest absolute Gasteiger partial charge is 0.373 e. The lowest BCUT2D eigenvalue weighted by Crippen LogP contribution is -2.37. The van der Waals surface area contributed by atoms with Crippen molar-refractivity contribution in [2.24, 2.45) is 11.1 Å². The van der Waals surface area contributed by atoms with Gasteiger partial charge >= 0.3 is 0 Å². The monoisotopic (exact) mass is 313 g/mol. The third kappa shape index (κ3) is 4.98. The van der Waals surface area contributed by atoms with Crippen LogP contribution in [0.2, 0.25) is 0 Å². The van der Waals surface area contributed by atoms with Crippen molar-refractivity contribution in [3.8, 4) is 0 Å². The Hall–Kier alpha value is -1.11. The number of anilines is 1. The zero-order chi connectivity index (χ0) is 16.1. The molecular formula is C15H27N3O2S. The second kappa shape index (κ2) is 7.24. The van der Waals surface area contributed by atoms with E-state index in [-0.39, 0.29) is 5.41 Å². The minimum absolute atomic E-state index is 0.0809. The summed E-state index contributed by atoms with van der Waals surface area (Å²) >= 11 is 0. The van der Waals surface area contributed by atoms with Crippen molar-refractivity contribution in [2.45, 2.75) is 32.1 Å². The van der Waals surface area contributed by atoms with Gasteiger partial charge in [-0.15, -0.1) is 0 Å². The van der Waals surface area contributed by atoms with E-state index in [9.17, 15) is 8.42 Å². The van der Waals surface area contributed by atoms with Crippen LogP contribution in [0.15, 0.2) is 29.2 Å². The maximum absolute atomic E-state index is 12.4. The number of para-hydroxylation sites is 1. The lowest BCUT2D eigenvalue weighted by atomic mass is 9.93. The molecule has 0 heterocycles. The second-order valence-electron chi connectivity index (χ2n) is 6.09.